The number of piperidine rings is 1. The van der Waals surface area contributed by atoms with E-state index in [1.807, 2.05) is 19.1 Å². The molecule has 0 bridgehead atoms. The van der Waals surface area contributed by atoms with Crippen molar-refractivity contribution in [3.05, 3.63) is 33.8 Å². The van der Waals surface area contributed by atoms with Crippen LogP contribution in [-0.2, 0) is 11.3 Å². The van der Waals surface area contributed by atoms with Crippen LogP contribution in [0.3, 0.4) is 0 Å². The molecular formula is C17H24Cl2N2O. The zero-order chi connectivity index (χ0) is 16.1. The summed E-state index contributed by atoms with van der Waals surface area (Å²) in [5.74, 6) is 0.259. The standard InChI is InChI=1S/C17H24Cl2N2O/c1-3-12(2)20-17(22)14-5-4-8-21(11-14)10-13-6-7-15(18)9-16(13)19/h6-7,9,12,14H,3-5,8,10-11H2,1-2H3,(H,20,22)/t12-,14-/m0/s1. The van der Waals surface area contributed by atoms with E-state index in [-0.39, 0.29) is 17.9 Å². The quantitative estimate of drug-likeness (QED) is 0.872. The molecule has 122 valence electrons. The van der Waals surface area contributed by atoms with E-state index in [0.29, 0.717) is 10.0 Å². The number of rotatable bonds is 5. The maximum atomic E-state index is 12.3. The minimum absolute atomic E-state index is 0.0776. The van der Waals surface area contributed by atoms with Crippen LogP contribution in [0.15, 0.2) is 18.2 Å². The Hall–Kier alpha value is -0.770. The van der Waals surface area contributed by atoms with Crippen molar-refractivity contribution in [2.45, 2.75) is 45.7 Å². The summed E-state index contributed by atoms with van der Waals surface area (Å²) < 4.78 is 0. The van der Waals surface area contributed by atoms with Gasteiger partial charge in [0.05, 0.1) is 5.92 Å². The molecule has 1 heterocycles. The van der Waals surface area contributed by atoms with Crippen LogP contribution >= 0.6 is 23.2 Å². The SMILES string of the molecule is CC[C@H](C)NC(=O)[C@H]1CCCN(Cc2ccc(Cl)cc2Cl)C1. The smallest absolute Gasteiger partial charge is 0.224 e. The number of hydrogen-bond acceptors (Lipinski definition) is 2. The molecule has 1 aliphatic rings. The molecule has 1 saturated heterocycles. The van der Waals surface area contributed by atoms with E-state index in [0.717, 1.165) is 44.5 Å². The van der Waals surface area contributed by atoms with Crippen LogP contribution in [0.5, 0.6) is 0 Å². The van der Waals surface area contributed by atoms with Crippen molar-refractivity contribution in [1.82, 2.24) is 10.2 Å². The molecule has 3 nitrogen and oxygen atoms in total. The number of hydrogen-bond donors (Lipinski definition) is 1. The lowest BCUT2D eigenvalue weighted by atomic mass is 9.96. The maximum Gasteiger partial charge on any atom is 0.224 e. The molecule has 0 saturated carbocycles. The van der Waals surface area contributed by atoms with E-state index in [1.165, 1.54) is 0 Å². The van der Waals surface area contributed by atoms with Crippen LogP contribution in [0.2, 0.25) is 10.0 Å². The minimum Gasteiger partial charge on any atom is -0.353 e. The highest BCUT2D eigenvalue weighted by Crippen LogP contribution is 2.25. The molecule has 1 aromatic rings. The molecule has 5 heteroatoms. The molecule has 2 rings (SSSR count). The van der Waals surface area contributed by atoms with Crippen LogP contribution in [0, 0.1) is 5.92 Å². The number of likely N-dealkylation sites (tertiary alicyclic amines) is 1. The summed E-state index contributed by atoms with van der Waals surface area (Å²) in [7, 11) is 0. The third kappa shape index (κ3) is 4.87. The van der Waals surface area contributed by atoms with Crippen molar-refractivity contribution in [3.8, 4) is 0 Å². The van der Waals surface area contributed by atoms with E-state index in [9.17, 15) is 4.79 Å². The Kier molecular flexibility index (Phi) is 6.54. The van der Waals surface area contributed by atoms with Gasteiger partial charge >= 0.3 is 0 Å². The molecule has 0 radical (unpaired) electrons. The van der Waals surface area contributed by atoms with Gasteiger partial charge in [-0.05, 0) is 50.4 Å². The third-order valence-electron chi connectivity index (χ3n) is 4.29. The lowest BCUT2D eigenvalue weighted by Gasteiger charge is -2.32. The second-order valence-electron chi connectivity index (χ2n) is 6.13. The Labute approximate surface area is 143 Å². The summed E-state index contributed by atoms with van der Waals surface area (Å²) in [6.07, 6.45) is 2.97. The van der Waals surface area contributed by atoms with E-state index in [4.69, 9.17) is 23.2 Å². The van der Waals surface area contributed by atoms with Crippen LogP contribution in [0.1, 0.15) is 38.7 Å². The lowest BCUT2D eigenvalue weighted by Crippen LogP contribution is -2.44. The second kappa shape index (κ2) is 8.19. The van der Waals surface area contributed by atoms with Gasteiger partial charge in [0.2, 0.25) is 5.91 Å². The summed E-state index contributed by atoms with van der Waals surface area (Å²) >= 11 is 12.2. The van der Waals surface area contributed by atoms with Crippen LogP contribution in [0.25, 0.3) is 0 Å². The highest BCUT2D eigenvalue weighted by Gasteiger charge is 2.26. The summed E-state index contributed by atoms with van der Waals surface area (Å²) in [5, 5.41) is 4.44. The van der Waals surface area contributed by atoms with Gasteiger partial charge in [-0.3, -0.25) is 9.69 Å². The number of benzene rings is 1. The molecule has 0 aliphatic carbocycles. The van der Waals surface area contributed by atoms with Gasteiger partial charge in [0, 0.05) is 29.2 Å². The summed E-state index contributed by atoms with van der Waals surface area (Å²) in [4.78, 5) is 14.6. The van der Waals surface area contributed by atoms with Crippen LogP contribution < -0.4 is 5.32 Å². The fourth-order valence-electron chi connectivity index (χ4n) is 2.77. The van der Waals surface area contributed by atoms with E-state index >= 15 is 0 Å². The van der Waals surface area contributed by atoms with Crippen molar-refractivity contribution < 1.29 is 4.79 Å². The first-order valence-electron chi connectivity index (χ1n) is 7.96. The van der Waals surface area contributed by atoms with Crippen molar-refractivity contribution in [3.63, 3.8) is 0 Å². The summed E-state index contributed by atoms with van der Waals surface area (Å²) in [6, 6.07) is 5.84. The number of halogens is 2. The summed E-state index contributed by atoms with van der Waals surface area (Å²) in [6.45, 7) is 6.70. The van der Waals surface area contributed by atoms with E-state index in [1.54, 1.807) is 6.07 Å². The molecule has 22 heavy (non-hydrogen) atoms. The highest BCUT2D eigenvalue weighted by atomic mass is 35.5. The molecule has 1 aliphatic heterocycles. The van der Waals surface area contributed by atoms with Gasteiger partial charge in [-0.25, -0.2) is 0 Å². The fourth-order valence-corrected chi connectivity index (χ4v) is 3.23. The Bertz CT molecular complexity index is 521. The first-order valence-corrected chi connectivity index (χ1v) is 8.71. The second-order valence-corrected chi connectivity index (χ2v) is 6.97. The topological polar surface area (TPSA) is 32.3 Å². The normalized spacial score (nSPS) is 20.6. The number of nitrogens with zero attached hydrogens (tertiary/aromatic N) is 1. The summed E-state index contributed by atoms with van der Waals surface area (Å²) in [5.41, 5.74) is 1.06. The Balaban J connectivity index is 1.94. The molecular weight excluding hydrogens is 319 g/mol. The van der Waals surface area contributed by atoms with Crippen molar-refractivity contribution in [2.24, 2.45) is 5.92 Å². The van der Waals surface area contributed by atoms with Gasteiger partial charge in [0.15, 0.2) is 0 Å². The molecule has 2 atom stereocenters. The van der Waals surface area contributed by atoms with E-state index < -0.39 is 0 Å². The van der Waals surface area contributed by atoms with Crippen LogP contribution in [-0.4, -0.2) is 29.9 Å². The predicted octanol–water partition coefficient (Wildman–Crippen LogP) is 4.12. The van der Waals surface area contributed by atoms with E-state index in [2.05, 4.69) is 17.1 Å². The van der Waals surface area contributed by atoms with Gasteiger partial charge in [0.25, 0.3) is 0 Å². The fraction of sp³-hybridized carbons (Fsp3) is 0.588. The molecule has 1 amide bonds. The molecule has 0 unspecified atom stereocenters. The number of carbonyl (C=O) groups is 1. The third-order valence-corrected chi connectivity index (χ3v) is 4.87. The number of nitrogens with one attached hydrogen (secondary N) is 1. The molecule has 1 N–H and O–H groups in total. The maximum absolute atomic E-state index is 12.3. The zero-order valence-corrected chi connectivity index (χ0v) is 14.8. The molecule has 1 fully saturated rings. The van der Waals surface area contributed by atoms with Gasteiger partial charge in [-0.15, -0.1) is 0 Å². The molecule has 1 aromatic carbocycles. The average molecular weight is 343 g/mol. The Morgan fingerprint density at radius 2 is 2.23 bits per heavy atom. The van der Waals surface area contributed by atoms with Crippen molar-refractivity contribution in [1.29, 1.82) is 0 Å². The number of carbonyl (C=O) groups excluding carboxylic acids is 1. The largest absolute Gasteiger partial charge is 0.353 e. The van der Waals surface area contributed by atoms with Crippen molar-refractivity contribution in [2.75, 3.05) is 13.1 Å². The Morgan fingerprint density at radius 1 is 1.45 bits per heavy atom. The molecule has 0 spiro atoms. The van der Waals surface area contributed by atoms with Gasteiger partial charge in [-0.2, -0.15) is 0 Å². The van der Waals surface area contributed by atoms with Crippen molar-refractivity contribution >= 4 is 29.1 Å². The zero-order valence-electron chi connectivity index (χ0n) is 13.2. The first kappa shape index (κ1) is 17.6. The van der Waals surface area contributed by atoms with Gasteiger partial charge in [0.1, 0.15) is 0 Å². The van der Waals surface area contributed by atoms with Crippen LogP contribution in [0.4, 0.5) is 0 Å². The average Bonchev–Trinajstić information content (AvgIpc) is 2.50. The monoisotopic (exact) mass is 342 g/mol. The highest BCUT2D eigenvalue weighted by molar-refractivity contribution is 6.35. The Morgan fingerprint density at radius 3 is 2.91 bits per heavy atom. The minimum atomic E-state index is 0.0776. The van der Waals surface area contributed by atoms with Gasteiger partial charge < -0.3 is 5.32 Å². The lowest BCUT2D eigenvalue weighted by molar-refractivity contribution is -0.127. The molecule has 0 aromatic heterocycles. The van der Waals surface area contributed by atoms with Gasteiger partial charge in [-0.1, -0.05) is 36.2 Å². The number of amides is 1. The first-order chi connectivity index (χ1) is 10.5. The predicted molar refractivity (Wildman–Crippen MR) is 92.4 cm³/mol.